The number of carboxylic acids is 1. The molecular formula is C8H3BrN2O4. The van der Waals surface area contributed by atoms with Crippen LogP contribution < -0.4 is 0 Å². The minimum absolute atomic E-state index is 0.285. The number of benzene rings is 1. The first-order chi connectivity index (χ1) is 6.97. The maximum atomic E-state index is 10.7. The minimum Gasteiger partial charge on any atom is -0.477 e. The van der Waals surface area contributed by atoms with Crippen LogP contribution in [-0.4, -0.2) is 16.0 Å². The molecule has 0 saturated carbocycles. The number of carbonyl (C=O) groups is 1. The zero-order valence-electron chi connectivity index (χ0n) is 7.10. The van der Waals surface area contributed by atoms with E-state index in [-0.39, 0.29) is 5.56 Å². The van der Waals surface area contributed by atoms with E-state index in [1.165, 1.54) is 6.07 Å². The van der Waals surface area contributed by atoms with E-state index in [1.54, 1.807) is 6.07 Å². The summed E-state index contributed by atoms with van der Waals surface area (Å²) in [6.07, 6.45) is 0. The van der Waals surface area contributed by atoms with E-state index in [0.717, 1.165) is 6.07 Å². The summed E-state index contributed by atoms with van der Waals surface area (Å²) in [6.45, 7) is 0. The molecule has 0 radical (unpaired) electrons. The van der Waals surface area contributed by atoms with Crippen LogP contribution in [0.3, 0.4) is 0 Å². The van der Waals surface area contributed by atoms with Gasteiger partial charge >= 0.3 is 11.7 Å². The fourth-order valence-electron chi connectivity index (χ4n) is 1.04. The van der Waals surface area contributed by atoms with Crippen LogP contribution in [-0.2, 0) is 0 Å². The second-order valence-corrected chi connectivity index (χ2v) is 3.44. The molecule has 0 amide bonds. The molecule has 0 aliphatic heterocycles. The molecule has 0 aromatic heterocycles. The average molecular weight is 271 g/mol. The highest BCUT2D eigenvalue weighted by molar-refractivity contribution is 9.10. The summed E-state index contributed by atoms with van der Waals surface area (Å²) < 4.78 is 0.307. The van der Waals surface area contributed by atoms with Crippen LogP contribution >= 0.6 is 15.9 Å². The Bertz CT molecular complexity index is 492. The third-order valence-electron chi connectivity index (χ3n) is 1.61. The van der Waals surface area contributed by atoms with Crippen molar-refractivity contribution in [3.8, 4) is 6.07 Å². The molecule has 15 heavy (non-hydrogen) atoms. The van der Waals surface area contributed by atoms with Crippen LogP contribution in [0, 0.1) is 21.4 Å². The fraction of sp³-hybridized carbons (Fsp3) is 0. The van der Waals surface area contributed by atoms with E-state index in [0.29, 0.717) is 4.47 Å². The van der Waals surface area contributed by atoms with E-state index in [9.17, 15) is 14.9 Å². The second-order valence-electron chi connectivity index (χ2n) is 2.52. The van der Waals surface area contributed by atoms with Crippen LogP contribution in [0.25, 0.3) is 0 Å². The predicted octanol–water partition coefficient (Wildman–Crippen LogP) is 1.93. The topological polar surface area (TPSA) is 104 Å². The molecule has 0 aliphatic carbocycles. The van der Waals surface area contributed by atoms with Crippen molar-refractivity contribution in [3.05, 3.63) is 37.8 Å². The highest BCUT2D eigenvalue weighted by Crippen LogP contribution is 2.27. The predicted molar refractivity (Wildman–Crippen MR) is 52.5 cm³/mol. The number of nitro groups is 1. The number of hydrogen-bond donors (Lipinski definition) is 1. The highest BCUT2D eigenvalue weighted by Gasteiger charge is 2.25. The molecule has 0 spiro atoms. The van der Waals surface area contributed by atoms with E-state index in [1.807, 2.05) is 0 Å². The van der Waals surface area contributed by atoms with Crippen LogP contribution in [0.1, 0.15) is 15.9 Å². The van der Waals surface area contributed by atoms with Crippen molar-refractivity contribution in [2.24, 2.45) is 0 Å². The molecule has 0 heterocycles. The zero-order chi connectivity index (χ0) is 11.6. The largest absolute Gasteiger partial charge is 0.477 e. The van der Waals surface area contributed by atoms with Gasteiger partial charge in [-0.3, -0.25) is 10.1 Å². The molecule has 1 N–H and O–H groups in total. The Hall–Kier alpha value is -1.94. The van der Waals surface area contributed by atoms with E-state index in [2.05, 4.69) is 15.9 Å². The molecule has 0 bridgehead atoms. The van der Waals surface area contributed by atoms with Crippen molar-refractivity contribution >= 4 is 27.6 Å². The smallest absolute Gasteiger partial charge is 0.342 e. The Morgan fingerprint density at radius 2 is 2.20 bits per heavy atom. The Kier molecular flexibility index (Phi) is 3.01. The number of nitrogens with zero attached hydrogens (tertiary/aromatic N) is 2. The molecule has 0 unspecified atom stereocenters. The first kappa shape index (κ1) is 11.1. The van der Waals surface area contributed by atoms with Crippen LogP contribution in [0.4, 0.5) is 5.69 Å². The third kappa shape index (κ3) is 2.11. The van der Waals surface area contributed by atoms with Gasteiger partial charge in [0.2, 0.25) is 0 Å². The molecule has 0 aliphatic rings. The SMILES string of the molecule is N#Cc1cc(Br)cc(C(=O)O)c1[N+](=O)[O-]. The summed E-state index contributed by atoms with van der Waals surface area (Å²) in [6, 6.07) is 3.86. The summed E-state index contributed by atoms with van der Waals surface area (Å²) in [7, 11) is 0. The van der Waals surface area contributed by atoms with Crippen molar-refractivity contribution in [2.75, 3.05) is 0 Å². The van der Waals surface area contributed by atoms with Gasteiger partial charge in [0.05, 0.1) is 4.92 Å². The van der Waals surface area contributed by atoms with E-state index >= 15 is 0 Å². The van der Waals surface area contributed by atoms with Crippen LogP contribution in [0.15, 0.2) is 16.6 Å². The molecule has 6 nitrogen and oxygen atoms in total. The molecule has 0 fully saturated rings. The van der Waals surface area contributed by atoms with Gasteiger partial charge in [0.15, 0.2) is 0 Å². The van der Waals surface area contributed by atoms with Crippen molar-refractivity contribution in [1.29, 1.82) is 5.26 Å². The monoisotopic (exact) mass is 270 g/mol. The van der Waals surface area contributed by atoms with Gasteiger partial charge in [0.25, 0.3) is 0 Å². The number of nitro benzene ring substituents is 1. The average Bonchev–Trinajstić information content (AvgIpc) is 2.15. The van der Waals surface area contributed by atoms with E-state index < -0.39 is 22.1 Å². The molecule has 1 rings (SSSR count). The number of nitriles is 1. The first-order valence-electron chi connectivity index (χ1n) is 3.58. The number of halogens is 1. The lowest BCUT2D eigenvalue weighted by molar-refractivity contribution is -0.385. The normalized spacial score (nSPS) is 9.33. The van der Waals surface area contributed by atoms with E-state index in [4.69, 9.17) is 10.4 Å². The van der Waals surface area contributed by atoms with Gasteiger partial charge in [-0.15, -0.1) is 0 Å². The lowest BCUT2D eigenvalue weighted by atomic mass is 10.1. The maximum absolute atomic E-state index is 10.7. The van der Waals surface area contributed by atoms with Gasteiger partial charge in [-0.25, -0.2) is 4.79 Å². The standard InChI is InChI=1S/C8H3BrN2O4/c9-5-1-4(3-10)7(11(14)15)6(2-5)8(12)13/h1-2H,(H,12,13). The lowest BCUT2D eigenvalue weighted by Gasteiger charge is -2.00. The van der Waals surface area contributed by atoms with Crippen molar-refractivity contribution in [2.45, 2.75) is 0 Å². The van der Waals surface area contributed by atoms with Gasteiger partial charge in [-0.1, -0.05) is 15.9 Å². The molecule has 0 saturated heterocycles. The quantitative estimate of drug-likeness (QED) is 0.653. The number of hydrogen-bond acceptors (Lipinski definition) is 4. The maximum Gasteiger partial charge on any atom is 0.342 e. The second kappa shape index (κ2) is 4.06. The summed E-state index contributed by atoms with van der Waals surface area (Å²) in [5.41, 5.74) is -1.48. The van der Waals surface area contributed by atoms with Gasteiger partial charge in [0, 0.05) is 4.47 Å². The molecular weight excluding hydrogens is 268 g/mol. The summed E-state index contributed by atoms with van der Waals surface area (Å²) in [5.74, 6) is -1.44. The number of aromatic carboxylic acids is 1. The van der Waals surface area contributed by atoms with Crippen molar-refractivity contribution < 1.29 is 14.8 Å². The van der Waals surface area contributed by atoms with Crippen molar-refractivity contribution in [1.82, 2.24) is 0 Å². The Morgan fingerprint density at radius 1 is 1.60 bits per heavy atom. The van der Waals surface area contributed by atoms with Crippen molar-refractivity contribution in [3.63, 3.8) is 0 Å². The Morgan fingerprint density at radius 3 is 2.60 bits per heavy atom. The summed E-state index contributed by atoms with van der Waals surface area (Å²) >= 11 is 2.97. The highest BCUT2D eigenvalue weighted by atomic mass is 79.9. The van der Waals surface area contributed by atoms with Gasteiger partial charge < -0.3 is 5.11 Å². The first-order valence-corrected chi connectivity index (χ1v) is 4.38. The Balaban J connectivity index is 3.64. The minimum atomic E-state index is -1.44. The molecule has 1 aromatic carbocycles. The fourth-order valence-corrected chi connectivity index (χ4v) is 1.50. The van der Waals surface area contributed by atoms with Gasteiger partial charge in [-0.2, -0.15) is 5.26 Å². The lowest BCUT2D eigenvalue weighted by Crippen LogP contribution is -2.04. The molecule has 0 atom stereocenters. The third-order valence-corrected chi connectivity index (χ3v) is 2.07. The number of rotatable bonds is 2. The number of carboxylic acid groups (broad SMARTS) is 1. The summed E-state index contributed by atoms with van der Waals surface area (Å²) in [5, 5.41) is 27.9. The zero-order valence-corrected chi connectivity index (χ0v) is 8.69. The molecule has 7 heteroatoms. The van der Waals surface area contributed by atoms with Crippen LogP contribution in [0.5, 0.6) is 0 Å². The van der Waals surface area contributed by atoms with Gasteiger partial charge in [-0.05, 0) is 12.1 Å². The molecule has 1 aromatic rings. The summed E-state index contributed by atoms with van der Waals surface area (Å²) in [4.78, 5) is 20.4. The molecule has 76 valence electrons. The van der Waals surface area contributed by atoms with Crippen LogP contribution in [0.2, 0.25) is 0 Å². The Labute approximate surface area is 92.0 Å². The van der Waals surface area contributed by atoms with Gasteiger partial charge in [0.1, 0.15) is 17.2 Å².